The van der Waals surface area contributed by atoms with Gasteiger partial charge in [-0.1, -0.05) is 23.9 Å². The zero-order valence-electron chi connectivity index (χ0n) is 9.92. The van der Waals surface area contributed by atoms with E-state index in [0.717, 1.165) is 28.7 Å². The standard InChI is InChI=1S/C13H12N2O2S/c1-17-12(16)10-4-2-9(3-5-10)11-8-15-6-7-18-13(15)14-11/h2-5,8H,6-7H2,1H3. The number of aromatic nitrogens is 2. The number of aryl methyl sites for hydroxylation is 1. The first-order valence-electron chi connectivity index (χ1n) is 5.66. The van der Waals surface area contributed by atoms with Crippen LogP contribution in [0.4, 0.5) is 0 Å². The molecule has 1 aliphatic rings. The van der Waals surface area contributed by atoms with Crippen molar-refractivity contribution in [1.29, 1.82) is 0 Å². The summed E-state index contributed by atoms with van der Waals surface area (Å²) >= 11 is 1.77. The Morgan fingerprint density at radius 2 is 2.17 bits per heavy atom. The highest BCUT2D eigenvalue weighted by atomic mass is 32.2. The van der Waals surface area contributed by atoms with E-state index in [1.54, 1.807) is 23.9 Å². The minimum absolute atomic E-state index is 0.315. The third-order valence-corrected chi connectivity index (χ3v) is 3.88. The van der Waals surface area contributed by atoms with Crippen molar-refractivity contribution in [1.82, 2.24) is 9.55 Å². The fourth-order valence-corrected chi connectivity index (χ4v) is 2.89. The van der Waals surface area contributed by atoms with E-state index in [-0.39, 0.29) is 5.97 Å². The number of benzene rings is 1. The van der Waals surface area contributed by atoms with E-state index >= 15 is 0 Å². The van der Waals surface area contributed by atoms with Crippen molar-refractivity contribution in [3.05, 3.63) is 36.0 Å². The average molecular weight is 260 g/mol. The van der Waals surface area contributed by atoms with Gasteiger partial charge < -0.3 is 9.30 Å². The summed E-state index contributed by atoms with van der Waals surface area (Å²) in [6.45, 7) is 1.02. The lowest BCUT2D eigenvalue weighted by molar-refractivity contribution is 0.0601. The molecular weight excluding hydrogens is 248 g/mol. The first-order chi connectivity index (χ1) is 8.78. The van der Waals surface area contributed by atoms with Crippen molar-refractivity contribution in [3.8, 4) is 11.3 Å². The lowest BCUT2D eigenvalue weighted by Gasteiger charge is -2.00. The Hall–Kier alpha value is -1.75. The number of carbonyl (C=O) groups excluding carboxylic acids is 1. The maximum Gasteiger partial charge on any atom is 0.337 e. The number of rotatable bonds is 2. The first kappa shape index (κ1) is 11.3. The highest BCUT2D eigenvalue weighted by Crippen LogP contribution is 2.28. The van der Waals surface area contributed by atoms with E-state index in [9.17, 15) is 4.79 Å². The molecule has 1 aromatic carbocycles. The van der Waals surface area contributed by atoms with Gasteiger partial charge in [-0.3, -0.25) is 0 Å². The van der Waals surface area contributed by atoms with Crippen LogP contribution < -0.4 is 0 Å². The summed E-state index contributed by atoms with van der Waals surface area (Å²) in [6.07, 6.45) is 2.06. The quantitative estimate of drug-likeness (QED) is 0.778. The van der Waals surface area contributed by atoms with E-state index in [0.29, 0.717) is 5.56 Å². The van der Waals surface area contributed by atoms with E-state index < -0.39 is 0 Å². The van der Waals surface area contributed by atoms with Crippen LogP contribution in [0.1, 0.15) is 10.4 Å². The number of methoxy groups -OCH3 is 1. The third kappa shape index (κ3) is 1.90. The van der Waals surface area contributed by atoms with Crippen LogP contribution in [0.3, 0.4) is 0 Å². The Kier molecular flexibility index (Phi) is 2.83. The molecule has 0 aliphatic carbocycles. The summed E-state index contributed by atoms with van der Waals surface area (Å²) in [7, 11) is 1.38. The molecule has 4 nitrogen and oxygen atoms in total. The molecule has 1 aromatic heterocycles. The molecule has 0 unspecified atom stereocenters. The molecule has 5 heteroatoms. The molecule has 2 heterocycles. The van der Waals surface area contributed by atoms with E-state index in [2.05, 4.69) is 20.5 Å². The van der Waals surface area contributed by atoms with Crippen LogP contribution in [0, 0.1) is 0 Å². The molecular formula is C13H12N2O2S. The van der Waals surface area contributed by atoms with E-state index in [1.807, 2.05) is 12.1 Å². The van der Waals surface area contributed by atoms with Gasteiger partial charge in [-0.05, 0) is 12.1 Å². The number of imidazole rings is 1. The van der Waals surface area contributed by atoms with Crippen LogP contribution in [0.25, 0.3) is 11.3 Å². The molecule has 0 radical (unpaired) electrons. The molecule has 0 atom stereocenters. The predicted molar refractivity (Wildman–Crippen MR) is 69.7 cm³/mol. The zero-order chi connectivity index (χ0) is 12.5. The summed E-state index contributed by atoms with van der Waals surface area (Å²) in [5, 5.41) is 1.07. The van der Waals surface area contributed by atoms with Crippen LogP contribution in [-0.4, -0.2) is 28.4 Å². The number of fused-ring (bicyclic) bond motifs is 1. The molecule has 18 heavy (non-hydrogen) atoms. The Labute approximate surface area is 109 Å². The number of carbonyl (C=O) groups is 1. The van der Waals surface area contributed by atoms with E-state index in [4.69, 9.17) is 0 Å². The third-order valence-electron chi connectivity index (χ3n) is 2.91. The maximum atomic E-state index is 11.3. The second-order valence-corrected chi connectivity index (χ2v) is 5.08. The van der Waals surface area contributed by atoms with Gasteiger partial charge in [0.25, 0.3) is 0 Å². The van der Waals surface area contributed by atoms with Crippen LogP contribution in [0.5, 0.6) is 0 Å². The number of hydrogen-bond acceptors (Lipinski definition) is 4. The number of thioether (sulfide) groups is 1. The monoisotopic (exact) mass is 260 g/mol. The fraction of sp³-hybridized carbons (Fsp3) is 0.231. The minimum atomic E-state index is -0.315. The minimum Gasteiger partial charge on any atom is -0.465 e. The number of ether oxygens (including phenoxy) is 1. The summed E-state index contributed by atoms with van der Waals surface area (Å²) in [6, 6.07) is 7.32. The highest BCUT2D eigenvalue weighted by Gasteiger charge is 2.15. The van der Waals surface area contributed by atoms with Gasteiger partial charge in [-0.25, -0.2) is 9.78 Å². The van der Waals surface area contributed by atoms with Gasteiger partial charge in [0.15, 0.2) is 5.16 Å². The average Bonchev–Trinajstić information content (AvgIpc) is 2.99. The largest absolute Gasteiger partial charge is 0.465 e. The van der Waals surface area contributed by atoms with Gasteiger partial charge in [-0.2, -0.15) is 0 Å². The molecule has 0 spiro atoms. The Morgan fingerprint density at radius 3 is 2.83 bits per heavy atom. The molecule has 2 aromatic rings. The topological polar surface area (TPSA) is 44.1 Å². The predicted octanol–water partition coefficient (Wildman–Crippen LogP) is 2.44. The van der Waals surface area contributed by atoms with Gasteiger partial charge in [0.1, 0.15) is 0 Å². The first-order valence-corrected chi connectivity index (χ1v) is 6.65. The zero-order valence-corrected chi connectivity index (χ0v) is 10.7. The molecule has 0 N–H and O–H groups in total. The van der Waals surface area contributed by atoms with Crippen LogP contribution in [0.2, 0.25) is 0 Å². The van der Waals surface area contributed by atoms with E-state index in [1.165, 1.54) is 7.11 Å². The highest BCUT2D eigenvalue weighted by molar-refractivity contribution is 7.99. The van der Waals surface area contributed by atoms with Crippen molar-refractivity contribution in [2.75, 3.05) is 12.9 Å². The van der Waals surface area contributed by atoms with Crippen molar-refractivity contribution in [2.24, 2.45) is 0 Å². The normalized spacial score (nSPS) is 13.4. The second kappa shape index (κ2) is 4.49. The molecule has 0 bridgehead atoms. The number of esters is 1. The van der Waals surface area contributed by atoms with Crippen molar-refractivity contribution in [3.63, 3.8) is 0 Å². The van der Waals surface area contributed by atoms with Crippen LogP contribution in [0.15, 0.2) is 35.6 Å². The lowest BCUT2D eigenvalue weighted by Crippen LogP contribution is -2.00. The van der Waals surface area contributed by atoms with Gasteiger partial charge in [0.2, 0.25) is 0 Å². The summed E-state index contributed by atoms with van der Waals surface area (Å²) < 4.78 is 6.83. The smallest absolute Gasteiger partial charge is 0.337 e. The van der Waals surface area contributed by atoms with Crippen molar-refractivity contribution < 1.29 is 9.53 Å². The van der Waals surface area contributed by atoms with Gasteiger partial charge in [0.05, 0.1) is 18.4 Å². The molecule has 1 aliphatic heterocycles. The lowest BCUT2D eigenvalue weighted by atomic mass is 10.1. The Morgan fingerprint density at radius 1 is 1.39 bits per heavy atom. The molecule has 0 fully saturated rings. The Bertz CT molecular complexity index is 568. The summed E-state index contributed by atoms with van der Waals surface area (Å²) in [5.74, 6) is 0.786. The van der Waals surface area contributed by atoms with Gasteiger partial charge in [0, 0.05) is 24.1 Å². The fourth-order valence-electron chi connectivity index (χ4n) is 1.94. The summed E-state index contributed by atoms with van der Waals surface area (Å²) in [5.41, 5.74) is 2.53. The molecule has 92 valence electrons. The van der Waals surface area contributed by atoms with Crippen molar-refractivity contribution in [2.45, 2.75) is 11.7 Å². The van der Waals surface area contributed by atoms with Crippen LogP contribution in [-0.2, 0) is 11.3 Å². The van der Waals surface area contributed by atoms with Crippen LogP contribution >= 0.6 is 11.8 Å². The van der Waals surface area contributed by atoms with Gasteiger partial charge in [-0.15, -0.1) is 0 Å². The van der Waals surface area contributed by atoms with Gasteiger partial charge >= 0.3 is 5.97 Å². The molecule has 0 amide bonds. The maximum absolute atomic E-state index is 11.3. The second-order valence-electron chi connectivity index (χ2n) is 4.02. The summed E-state index contributed by atoms with van der Waals surface area (Å²) in [4.78, 5) is 15.9. The SMILES string of the molecule is COC(=O)c1ccc(-c2cn3c(n2)SCC3)cc1. The molecule has 0 saturated carbocycles. The number of hydrogen-bond donors (Lipinski definition) is 0. The van der Waals surface area contributed by atoms with Crippen molar-refractivity contribution >= 4 is 17.7 Å². The molecule has 3 rings (SSSR count). The Balaban J connectivity index is 1.90. The molecule has 0 saturated heterocycles. The number of nitrogens with zero attached hydrogens (tertiary/aromatic N) is 2.